The molecule has 0 bridgehead atoms. The molecule has 0 saturated carbocycles. The molecule has 6 rings (SSSR count). The van der Waals surface area contributed by atoms with Crippen molar-refractivity contribution < 1.29 is 0 Å². The zero-order valence-corrected chi connectivity index (χ0v) is 42.9. The van der Waals surface area contributed by atoms with Crippen molar-refractivity contribution in [1.82, 2.24) is 0 Å². The molecule has 6 aromatic carbocycles. The van der Waals surface area contributed by atoms with Crippen molar-refractivity contribution in [2.45, 2.75) is 166 Å². The van der Waals surface area contributed by atoms with Crippen molar-refractivity contribution in [2.75, 3.05) is 0 Å². The molecule has 0 heteroatoms. The second-order valence-corrected chi connectivity index (χ2v) is 18.0. The first-order chi connectivity index (χ1) is 27.7. The van der Waals surface area contributed by atoms with E-state index in [1.54, 1.807) is 0 Å². The molecule has 0 radical (unpaired) electrons. The molecule has 0 saturated heterocycles. The van der Waals surface area contributed by atoms with Gasteiger partial charge in [0.2, 0.25) is 0 Å². The molecule has 0 nitrogen and oxygen atoms in total. The Labute approximate surface area is 371 Å². The van der Waals surface area contributed by atoms with E-state index in [4.69, 9.17) is 0 Å². The summed E-state index contributed by atoms with van der Waals surface area (Å²) in [5, 5.41) is 0. The molecule has 0 atom stereocenters. The highest BCUT2D eigenvalue weighted by Crippen LogP contribution is 2.21. The molecule has 0 N–H and O–H groups in total. The number of hydrogen-bond donors (Lipinski definition) is 0. The normalized spacial score (nSPS) is 10.0. The second kappa shape index (κ2) is 24.5. The Morgan fingerprint density at radius 3 is 0.617 bits per heavy atom. The molecule has 0 fully saturated rings. The Morgan fingerprint density at radius 2 is 0.367 bits per heavy atom. The molecule has 6 aromatic rings. The third-order valence-corrected chi connectivity index (χ3v) is 12.9. The van der Waals surface area contributed by atoms with Gasteiger partial charge < -0.3 is 0 Å². The Kier molecular flexibility index (Phi) is 21.8. The molecule has 60 heavy (non-hydrogen) atoms. The topological polar surface area (TPSA) is 0 Å². The third kappa shape index (κ3) is 16.8. The first kappa shape index (κ1) is 53.3. The molecule has 0 amide bonds. The van der Waals surface area contributed by atoms with Gasteiger partial charge in [0.25, 0.3) is 0 Å². The molecule has 0 spiro atoms. The summed E-state index contributed by atoms with van der Waals surface area (Å²) in [6.45, 7) is 51.9. The highest BCUT2D eigenvalue weighted by atomic mass is 14.1. The molecule has 0 aliphatic carbocycles. The monoisotopic (exact) mass is 805 g/mol. The minimum atomic E-state index is 1.35. The number of benzene rings is 6. The fourth-order valence-electron chi connectivity index (χ4n) is 7.12. The maximum atomic E-state index is 2.26. The largest absolute Gasteiger partial charge is 0.0590 e. The van der Waals surface area contributed by atoms with E-state index in [1.807, 2.05) is 0 Å². The van der Waals surface area contributed by atoms with Crippen LogP contribution in [0.15, 0.2) is 72.8 Å². The molecule has 0 aliphatic heterocycles. The lowest BCUT2D eigenvalue weighted by atomic mass is 9.96. The van der Waals surface area contributed by atoms with Crippen LogP contribution in [0.4, 0.5) is 0 Å². The number of aryl methyl sites for hydroxylation is 16. The molecule has 324 valence electrons. The third-order valence-electron chi connectivity index (χ3n) is 12.9. The second-order valence-electron chi connectivity index (χ2n) is 18.0. The van der Waals surface area contributed by atoms with Gasteiger partial charge in [0.1, 0.15) is 0 Å². The molecule has 0 aliphatic rings. The van der Waals surface area contributed by atoms with E-state index in [-0.39, 0.29) is 0 Å². The summed E-state index contributed by atoms with van der Waals surface area (Å²) in [6.07, 6.45) is 0. The predicted molar refractivity (Wildman–Crippen MR) is 272 cm³/mol. The Bertz CT molecular complexity index is 2100. The Balaban J connectivity index is 0.000000361. The summed E-state index contributed by atoms with van der Waals surface area (Å²) in [7, 11) is 0. The summed E-state index contributed by atoms with van der Waals surface area (Å²) in [5.74, 6) is 0. The highest BCUT2D eigenvalue weighted by molar-refractivity contribution is 5.44. The van der Waals surface area contributed by atoms with Crippen LogP contribution < -0.4 is 0 Å². The Hall–Kier alpha value is -4.68. The van der Waals surface area contributed by atoms with Crippen LogP contribution in [-0.4, -0.2) is 0 Å². The van der Waals surface area contributed by atoms with Crippen molar-refractivity contribution in [1.29, 1.82) is 0 Å². The summed E-state index contributed by atoms with van der Waals surface area (Å²) in [4.78, 5) is 0. The average molecular weight is 805 g/mol. The first-order valence-corrected chi connectivity index (χ1v) is 21.9. The lowest BCUT2D eigenvalue weighted by molar-refractivity contribution is 1.18. The van der Waals surface area contributed by atoms with Crippen LogP contribution in [0.3, 0.4) is 0 Å². The summed E-state index contributed by atoms with van der Waals surface area (Å²) < 4.78 is 0. The van der Waals surface area contributed by atoms with E-state index >= 15 is 0 Å². The van der Waals surface area contributed by atoms with Crippen LogP contribution in [0.1, 0.15) is 134 Å². The van der Waals surface area contributed by atoms with Crippen LogP contribution in [0.5, 0.6) is 0 Å². The standard InChI is InChI=1S/2C11H16.2C10H14.2C9H12/c2*1-7-6-8(2)10(4)11(5)9(7)3;1-7-5-9(3)10(4)6-8(7)2;1-7-5-6-8(2)10(4)9(7)3;1-7-4-8(2)6-9(3)5-7;1-7-4-5-8(2)9(3)6-7/h2*6H,1-5H3;2*5-6H,1-4H3;2*4-6H,1-3H3. The van der Waals surface area contributed by atoms with Gasteiger partial charge in [0, 0.05) is 0 Å². The summed E-state index contributed by atoms with van der Waals surface area (Å²) in [6, 6.07) is 26.4. The van der Waals surface area contributed by atoms with Gasteiger partial charge in [-0.15, -0.1) is 0 Å². The fourth-order valence-corrected chi connectivity index (χ4v) is 7.12. The molecular weight excluding hydrogens is 721 g/mol. The minimum Gasteiger partial charge on any atom is -0.0590 e. The number of rotatable bonds is 0. The SMILES string of the molecule is Cc1cc(C)c(C)c(C)c1C.Cc1cc(C)c(C)c(C)c1C.Cc1cc(C)c(C)cc1C.Cc1cc(C)cc(C)c1.Cc1ccc(C)c(C)c1.Cc1ccc(C)c(C)c1C. The van der Waals surface area contributed by atoms with Crippen molar-refractivity contribution in [3.63, 3.8) is 0 Å². The van der Waals surface area contributed by atoms with Gasteiger partial charge in [0.15, 0.2) is 0 Å². The van der Waals surface area contributed by atoms with E-state index < -0.39 is 0 Å². The van der Waals surface area contributed by atoms with Gasteiger partial charge >= 0.3 is 0 Å². The summed E-state index contributed by atoms with van der Waals surface area (Å²) >= 11 is 0. The zero-order chi connectivity index (χ0) is 46.3. The lowest BCUT2D eigenvalue weighted by Crippen LogP contribution is -1.93. The Morgan fingerprint density at radius 1 is 0.150 bits per heavy atom. The lowest BCUT2D eigenvalue weighted by Gasteiger charge is -2.10. The predicted octanol–water partition coefficient (Wildman–Crippen LogP) is 17.5. The van der Waals surface area contributed by atoms with E-state index in [2.05, 4.69) is 239 Å². The highest BCUT2D eigenvalue weighted by Gasteiger charge is 2.04. The van der Waals surface area contributed by atoms with Crippen molar-refractivity contribution >= 4 is 0 Å². The molecule has 0 aromatic heterocycles. The average Bonchev–Trinajstić information content (AvgIpc) is 3.17. The summed E-state index contributed by atoms with van der Waals surface area (Å²) in [5.41, 5.74) is 33.7. The van der Waals surface area contributed by atoms with Crippen LogP contribution in [0.25, 0.3) is 0 Å². The maximum Gasteiger partial charge on any atom is -0.0392 e. The number of hydrogen-bond acceptors (Lipinski definition) is 0. The zero-order valence-electron chi connectivity index (χ0n) is 42.9. The van der Waals surface area contributed by atoms with Crippen LogP contribution in [-0.2, 0) is 0 Å². The first-order valence-electron chi connectivity index (χ1n) is 21.9. The van der Waals surface area contributed by atoms with Gasteiger partial charge in [-0.05, 0) is 277 Å². The smallest absolute Gasteiger partial charge is 0.0392 e. The minimum absolute atomic E-state index is 1.35. The quantitative estimate of drug-likeness (QED) is 0.143. The maximum absolute atomic E-state index is 2.26. The van der Waals surface area contributed by atoms with Crippen LogP contribution >= 0.6 is 0 Å². The van der Waals surface area contributed by atoms with Crippen molar-refractivity contribution in [3.05, 3.63) is 206 Å². The van der Waals surface area contributed by atoms with E-state index in [0.29, 0.717) is 0 Å². The van der Waals surface area contributed by atoms with Crippen molar-refractivity contribution in [3.8, 4) is 0 Å². The van der Waals surface area contributed by atoms with Crippen molar-refractivity contribution in [2.24, 2.45) is 0 Å². The van der Waals surface area contributed by atoms with Gasteiger partial charge in [-0.1, -0.05) is 95.1 Å². The van der Waals surface area contributed by atoms with E-state index in [9.17, 15) is 0 Å². The fraction of sp³-hybridized carbons (Fsp3) is 0.400. The molecule has 0 heterocycles. The molecular formula is C60H84. The van der Waals surface area contributed by atoms with Crippen LogP contribution in [0.2, 0.25) is 0 Å². The van der Waals surface area contributed by atoms with Crippen LogP contribution in [0, 0.1) is 166 Å². The molecule has 0 unspecified atom stereocenters. The van der Waals surface area contributed by atoms with Gasteiger partial charge in [-0.25, -0.2) is 0 Å². The van der Waals surface area contributed by atoms with E-state index in [0.717, 1.165) is 0 Å². The van der Waals surface area contributed by atoms with Gasteiger partial charge in [0.05, 0.1) is 0 Å². The van der Waals surface area contributed by atoms with E-state index in [1.165, 1.54) is 134 Å². The van der Waals surface area contributed by atoms with Gasteiger partial charge in [-0.3, -0.25) is 0 Å². The van der Waals surface area contributed by atoms with Gasteiger partial charge in [-0.2, -0.15) is 0 Å².